The topological polar surface area (TPSA) is 42.7 Å². The SMILES string of the molecule is COc1ccccc1-c1cccc2cc(C(=O)C[C@@H]3CN4CCC3CC4)oc12. The molecule has 144 valence electrons. The van der Waals surface area contributed by atoms with Crippen molar-refractivity contribution in [3.63, 3.8) is 0 Å². The third kappa shape index (κ3) is 3.02. The van der Waals surface area contributed by atoms with Gasteiger partial charge in [0, 0.05) is 29.5 Å². The van der Waals surface area contributed by atoms with Gasteiger partial charge in [-0.2, -0.15) is 0 Å². The lowest BCUT2D eigenvalue weighted by molar-refractivity contribution is 0.0433. The van der Waals surface area contributed by atoms with Gasteiger partial charge in [-0.1, -0.05) is 36.4 Å². The first-order chi connectivity index (χ1) is 13.7. The predicted octanol–water partition coefficient (Wildman–Crippen LogP) is 5.02. The van der Waals surface area contributed by atoms with E-state index in [-0.39, 0.29) is 5.78 Å². The number of hydrogen-bond acceptors (Lipinski definition) is 4. The quantitative estimate of drug-likeness (QED) is 0.587. The Labute approximate surface area is 165 Å². The molecule has 28 heavy (non-hydrogen) atoms. The minimum Gasteiger partial charge on any atom is -0.496 e. The summed E-state index contributed by atoms with van der Waals surface area (Å²) in [6, 6.07) is 15.8. The number of para-hydroxylation sites is 2. The Bertz CT molecular complexity index is 1010. The van der Waals surface area contributed by atoms with Crippen molar-refractivity contribution in [1.82, 2.24) is 4.90 Å². The molecule has 3 saturated heterocycles. The number of nitrogens with zero attached hydrogens (tertiary/aromatic N) is 1. The number of benzene rings is 2. The molecule has 0 N–H and O–H groups in total. The number of ketones is 1. The van der Waals surface area contributed by atoms with Crippen LogP contribution in [0.15, 0.2) is 52.9 Å². The molecule has 2 aromatic carbocycles. The van der Waals surface area contributed by atoms with E-state index in [9.17, 15) is 4.79 Å². The fourth-order valence-electron chi connectivity index (χ4n) is 4.94. The molecule has 3 fully saturated rings. The van der Waals surface area contributed by atoms with Crippen LogP contribution in [-0.2, 0) is 0 Å². The van der Waals surface area contributed by atoms with Crippen LogP contribution < -0.4 is 4.74 Å². The van der Waals surface area contributed by atoms with Crippen LogP contribution in [0.3, 0.4) is 0 Å². The first kappa shape index (κ1) is 17.5. The Morgan fingerprint density at radius 1 is 1.11 bits per heavy atom. The van der Waals surface area contributed by atoms with E-state index in [1.165, 1.54) is 25.9 Å². The fraction of sp³-hybridized carbons (Fsp3) is 0.375. The van der Waals surface area contributed by atoms with E-state index in [1.807, 2.05) is 48.5 Å². The number of carbonyl (C=O) groups excluding carboxylic acids is 1. The molecule has 0 spiro atoms. The van der Waals surface area contributed by atoms with Gasteiger partial charge in [-0.25, -0.2) is 0 Å². The first-order valence-electron chi connectivity index (χ1n) is 10.1. The number of hydrogen-bond donors (Lipinski definition) is 0. The molecule has 0 saturated carbocycles. The lowest BCUT2D eigenvalue weighted by Crippen LogP contribution is -2.47. The Morgan fingerprint density at radius 2 is 1.89 bits per heavy atom. The van der Waals surface area contributed by atoms with Crippen molar-refractivity contribution in [1.29, 1.82) is 0 Å². The van der Waals surface area contributed by atoms with Gasteiger partial charge in [0.25, 0.3) is 0 Å². The third-order valence-electron chi connectivity index (χ3n) is 6.46. The van der Waals surface area contributed by atoms with Crippen molar-refractivity contribution in [3.8, 4) is 16.9 Å². The molecule has 0 aliphatic carbocycles. The molecular formula is C24H25NO3. The Balaban J connectivity index is 1.46. The Kier molecular flexibility index (Phi) is 4.44. The molecule has 4 heteroatoms. The zero-order valence-corrected chi connectivity index (χ0v) is 16.2. The van der Waals surface area contributed by atoms with Crippen molar-refractivity contribution in [2.24, 2.45) is 11.8 Å². The summed E-state index contributed by atoms with van der Waals surface area (Å²) in [4.78, 5) is 15.5. The number of ether oxygens (including phenoxy) is 1. The molecule has 3 aliphatic rings. The highest BCUT2D eigenvalue weighted by atomic mass is 16.5. The van der Waals surface area contributed by atoms with Crippen LogP contribution >= 0.6 is 0 Å². The second-order valence-electron chi connectivity index (χ2n) is 8.06. The summed E-state index contributed by atoms with van der Waals surface area (Å²) in [5, 5.41) is 0.959. The van der Waals surface area contributed by atoms with Gasteiger partial charge in [-0.15, -0.1) is 0 Å². The molecule has 3 aliphatic heterocycles. The van der Waals surface area contributed by atoms with E-state index in [2.05, 4.69) is 4.90 Å². The van der Waals surface area contributed by atoms with E-state index in [0.29, 0.717) is 24.0 Å². The van der Waals surface area contributed by atoms with Crippen molar-refractivity contribution >= 4 is 16.8 Å². The van der Waals surface area contributed by atoms with Crippen molar-refractivity contribution in [2.45, 2.75) is 19.3 Å². The average Bonchev–Trinajstić information content (AvgIpc) is 3.19. The molecule has 0 unspecified atom stereocenters. The van der Waals surface area contributed by atoms with Gasteiger partial charge in [-0.05, 0) is 49.9 Å². The van der Waals surface area contributed by atoms with Crippen molar-refractivity contribution < 1.29 is 13.9 Å². The number of carbonyl (C=O) groups is 1. The summed E-state index contributed by atoms with van der Waals surface area (Å²) < 4.78 is 11.6. The van der Waals surface area contributed by atoms with Gasteiger partial charge in [-0.3, -0.25) is 4.79 Å². The van der Waals surface area contributed by atoms with Crippen LogP contribution in [0.4, 0.5) is 0 Å². The minimum absolute atomic E-state index is 0.126. The molecule has 2 bridgehead atoms. The number of Topliss-reactive ketones (excluding diaryl/α,β-unsaturated/α-hetero) is 1. The van der Waals surface area contributed by atoms with Gasteiger partial charge in [0.05, 0.1) is 7.11 Å². The summed E-state index contributed by atoms with van der Waals surface area (Å²) in [5.41, 5.74) is 2.68. The number of furan rings is 1. The van der Waals surface area contributed by atoms with E-state index in [4.69, 9.17) is 9.15 Å². The van der Waals surface area contributed by atoms with Crippen LogP contribution in [0.5, 0.6) is 5.75 Å². The summed E-state index contributed by atoms with van der Waals surface area (Å²) in [6.45, 7) is 3.45. The summed E-state index contributed by atoms with van der Waals surface area (Å²) >= 11 is 0. The molecule has 4 heterocycles. The second kappa shape index (κ2) is 7.10. The number of rotatable bonds is 5. The van der Waals surface area contributed by atoms with E-state index >= 15 is 0 Å². The molecule has 1 aromatic heterocycles. The Morgan fingerprint density at radius 3 is 2.64 bits per heavy atom. The van der Waals surface area contributed by atoms with E-state index in [0.717, 1.165) is 34.4 Å². The molecule has 0 amide bonds. The smallest absolute Gasteiger partial charge is 0.198 e. The number of methoxy groups -OCH3 is 1. The first-order valence-corrected chi connectivity index (χ1v) is 10.1. The molecule has 6 rings (SSSR count). The lowest BCUT2D eigenvalue weighted by Gasteiger charge is -2.44. The highest BCUT2D eigenvalue weighted by molar-refractivity contribution is 6.01. The van der Waals surface area contributed by atoms with Gasteiger partial charge < -0.3 is 14.1 Å². The zero-order chi connectivity index (χ0) is 19.1. The maximum Gasteiger partial charge on any atom is 0.198 e. The van der Waals surface area contributed by atoms with Crippen molar-refractivity contribution in [2.75, 3.05) is 26.7 Å². The van der Waals surface area contributed by atoms with Crippen molar-refractivity contribution in [3.05, 3.63) is 54.3 Å². The summed E-state index contributed by atoms with van der Waals surface area (Å²) in [6.07, 6.45) is 3.05. The summed E-state index contributed by atoms with van der Waals surface area (Å²) in [7, 11) is 1.67. The Hall–Kier alpha value is -2.59. The van der Waals surface area contributed by atoms with Gasteiger partial charge in [0.15, 0.2) is 11.5 Å². The lowest BCUT2D eigenvalue weighted by atomic mass is 9.76. The van der Waals surface area contributed by atoms with Crippen LogP contribution in [0.25, 0.3) is 22.1 Å². The molecule has 4 nitrogen and oxygen atoms in total. The van der Waals surface area contributed by atoms with Crippen LogP contribution in [0.1, 0.15) is 29.8 Å². The molecule has 1 atom stereocenters. The maximum atomic E-state index is 13.0. The van der Waals surface area contributed by atoms with Gasteiger partial charge in [0.2, 0.25) is 0 Å². The van der Waals surface area contributed by atoms with E-state index in [1.54, 1.807) is 7.11 Å². The molecule has 0 radical (unpaired) electrons. The van der Waals surface area contributed by atoms with Crippen LogP contribution in [-0.4, -0.2) is 37.4 Å². The van der Waals surface area contributed by atoms with Gasteiger partial charge >= 0.3 is 0 Å². The largest absolute Gasteiger partial charge is 0.496 e. The van der Waals surface area contributed by atoms with E-state index < -0.39 is 0 Å². The number of fused-ring (bicyclic) bond motifs is 4. The normalized spacial score (nSPS) is 23.8. The minimum atomic E-state index is 0.126. The number of piperidine rings is 3. The van der Waals surface area contributed by atoms with Crippen LogP contribution in [0.2, 0.25) is 0 Å². The van der Waals surface area contributed by atoms with Crippen LogP contribution in [0, 0.1) is 11.8 Å². The monoisotopic (exact) mass is 375 g/mol. The molecule has 3 aromatic rings. The standard InChI is InChI=1S/C24H25NO3/c1-27-22-8-3-2-6-19(22)20-7-4-5-17-14-23(28-24(17)20)21(26)13-18-15-25-11-9-16(18)10-12-25/h2-8,14,16,18H,9-13,15H2,1H3/t18-/m1/s1. The fourth-order valence-corrected chi connectivity index (χ4v) is 4.94. The molecular weight excluding hydrogens is 350 g/mol. The zero-order valence-electron chi connectivity index (χ0n) is 16.2. The average molecular weight is 375 g/mol. The third-order valence-corrected chi connectivity index (χ3v) is 6.46. The maximum absolute atomic E-state index is 13.0. The highest BCUT2D eigenvalue weighted by Gasteiger charge is 2.35. The van der Waals surface area contributed by atoms with Gasteiger partial charge in [0.1, 0.15) is 11.3 Å². The summed E-state index contributed by atoms with van der Waals surface area (Å²) in [5.74, 6) is 2.57. The predicted molar refractivity (Wildman–Crippen MR) is 110 cm³/mol. The second-order valence-corrected chi connectivity index (χ2v) is 8.06. The highest BCUT2D eigenvalue weighted by Crippen LogP contribution is 2.38.